The second-order valence-corrected chi connectivity index (χ2v) is 3.88. The number of benzene rings is 2. The van der Waals surface area contributed by atoms with Crippen LogP contribution in [0.25, 0.3) is 10.8 Å². The van der Waals surface area contributed by atoms with E-state index in [0.29, 0.717) is 5.92 Å². The summed E-state index contributed by atoms with van der Waals surface area (Å²) in [4.78, 5) is 0. The highest BCUT2D eigenvalue weighted by Crippen LogP contribution is 2.23. The predicted molar refractivity (Wildman–Crippen MR) is 58.0 cm³/mol. The average Bonchev–Trinajstić information content (AvgIpc) is 2.18. The minimum Gasteiger partial charge on any atom is -0.206 e. The molecular weight excluding hydrogens is 175 g/mol. The van der Waals surface area contributed by atoms with Gasteiger partial charge in [-0.1, -0.05) is 38.1 Å². The van der Waals surface area contributed by atoms with Crippen LogP contribution in [0.4, 0.5) is 4.39 Å². The van der Waals surface area contributed by atoms with Gasteiger partial charge in [-0.05, 0) is 29.0 Å². The Bertz CT molecular complexity index is 458. The fraction of sp³-hybridized carbons (Fsp3) is 0.231. The SMILES string of the molecule is CC(C)c1ccc2cccc(F)c2c1. The minimum absolute atomic E-state index is 0.134. The number of rotatable bonds is 1. The van der Waals surface area contributed by atoms with Crippen LogP contribution >= 0.6 is 0 Å². The molecule has 0 aliphatic carbocycles. The zero-order valence-corrected chi connectivity index (χ0v) is 8.42. The Morgan fingerprint density at radius 3 is 2.57 bits per heavy atom. The van der Waals surface area contributed by atoms with Crippen LogP contribution in [0, 0.1) is 5.82 Å². The summed E-state index contributed by atoms with van der Waals surface area (Å²) in [5.41, 5.74) is 1.18. The first-order valence-corrected chi connectivity index (χ1v) is 4.86. The van der Waals surface area contributed by atoms with E-state index in [0.717, 1.165) is 10.8 Å². The number of hydrogen-bond donors (Lipinski definition) is 0. The fourth-order valence-corrected chi connectivity index (χ4v) is 1.61. The van der Waals surface area contributed by atoms with Gasteiger partial charge in [0, 0.05) is 5.39 Å². The monoisotopic (exact) mass is 188 g/mol. The van der Waals surface area contributed by atoms with Crippen LogP contribution in [-0.4, -0.2) is 0 Å². The van der Waals surface area contributed by atoms with Gasteiger partial charge < -0.3 is 0 Å². The molecule has 0 aliphatic heterocycles. The van der Waals surface area contributed by atoms with Gasteiger partial charge in [0.25, 0.3) is 0 Å². The van der Waals surface area contributed by atoms with E-state index in [-0.39, 0.29) is 5.82 Å². The summed E-state index contributed by atoms with van der Waals surface area (Å²) in [6.07, 6.45) is 0. The standard InChI is InChI=1S/C13H13F/c1-9(2)11-7-6-10-4-3-5-13(14)12(10)8-11/h3-9H,1-2H3. The summed E-state index contributed by atoms with van der Waals surface area (Å²) >= 11 is 0. The van der Waals surface area contributed by atoms with Crippen LogP contribution in [0.5, 0.6) is 0 Å². The Morgan fingerprint density at radius 1 is 1.07 bits per heavy atom. The van der Waals surface area contributed by atoms with E-state index in [1.54, 1.807) is 6.07 Å². The first-order valence-electron chi connectivity index (χ1n) is 4.86. The summed E-state index contributed by atoms with van der Waals surface area (Å²) in [6.45, 7) is 4.23. The third kappa shape index (κ3) is 1.50. The molecule has 0 N–H and O–H groups in total. The largest absolute Gasteiger partial charge is 0.206 e. The van der Waals surface area contributed by atoms with Gasteiger partial charge in [-0.2, -0.15) is 0 Å². The van der Waals surface area contributed by atoms with E-state index in [9.17, 15) is 4.39 Å². The molecule has 2 rings (SSSR count). The molecule has 0 saturated carbocycles. The van der Waals surface area contributed by atoms with E-state index in [1.807, 2.05) is 18.2 Å². The molecule has 0 fully saturated rings. The maximum Gasteiger partial charge on any atom is 0.131 e. The van der Waals surface area contributed by atoms with Crippen molar-refractivity contribution in [3.05, 3.63) is 47.8 Å². The van der Waals surface area contributed by atoms with Crippen molar-refractivity contribution in [2.45, 2.75) is 19.8 Å². The normalized spacial score (nSPS) is 11.1. The van der Waals surface area contributed by atoms with Crippen molar-refractivity contribution in [3.63, 3.8) is 0 Å². The van der Waals surface area contributed by atoms with E-state index in [1.165, 1.54) is 11.6 Å². The summed E-state index contributed by atoms with van der Waals surface area (Å²) < 4.78 is 13.4. The molecule has 0 aliphatic rings. The highest BCUT2D eigenvalue weighted by atomic mass is 19.1. The minimum atomic E-state index is -0.134. The van der Waals surface area contributed by atoms with Crippen molar-refractivity contribution in [1.29, 1.82) is 0 Å². The fourth-order valence-electron chi connectivity index (χ4n) is 1.61. The van der Waals surface area contributed by atoms with Gasteiger partial charge in [0.05, 0.1) is 0 Å². The molecule has 0 atom stereocenters. The van der Waals surface area contributed by atoms with Crippen LogP contribution in [-0.2, 0) is 0 Å². The lowest BCUT2D eigenvalue weighted by molar-refractivity contribution is 0.639. The Kier molecular flexibility index (Phi) is 2.24. The van der Waals surface area contributed by atoms with E-state index >= 15 is 0 Å². The Hall–Kier alpha value is -1.37. The third-order valence-electron chi connectivity index (χ3n) is 2.52. The zero-order valence-electron chi connectivity index (χ0n) is 8.42. The topological polar surface area (TPSA) is 0 Å². The number of halogens is 1. The van der Waals surface area contributed by atoms with Gasteiger partial charge in [-0.15, -0.1) is 0 Å². The second-order valence-electron chi connectivity index (χ2n) is 3.88. The molecule has 0 saturated heterocycles. The Balaban J connectivity index is 2.70. The first kappa shape index (κ1) is 9.20. The van der Waals surface area contributed by atoms with Crippen molar-refractivity contribution >= 4 is 10.8 Å². The van der Waals surface area contributed by atoms with Crippen molar-refractivity contribution in [2.75, 3.05) is 0 Å². The number of fused-ring (bicyclic) bond motifs is 1. The number of hydrogen-bond acceptors (Lipinski definition) is 0. The van der Waals surface area contributed by atoms with Gasteiger partial charge in [0.2, 0.25) is 0 Å². The van der Waals surface area contributed by atoms with Crippen LogP contribution in [0.15, 0.2) is 36.4 Å². The van der Waals surface area contributed by atoms with Crippen LogP contribution in [0.1, 0.15) is 25.3 Å². The van der Waals surface area contributed by atoms with Crippen LogP contribution in [0.2, 0.25) is 0 Å². The molecule has 0 aromatic heterocycles. The van der Waals surface area contributed by atoms with Gasteiger partial charge in [-0.3, -0.25) is 0 Å². The molecule has 0 bridgehead atoms. The van der Waals surface area contributed by atoms with Crippen LogP contribution in [0.3, 0.4) is 0 Å². The third-order valence-corrected chi connectivity index (χ3v) is 2.52. The Morgan fingerprint density at radius 2 is 1.86 bits per heavy atom. The molecule has 1 heteroatoms. The van der Waals surface area contributed by atoms with Crippen molar-refractivity contribution in [3.8, 4) is 0 Å². The second kappa shape index (κ2) is 3.41. The molecule has 72 valence electrons. The molecule has 14 heavy (non-hydrogen) atoms. The van der Waals surface area contributed by atoms with Crippen molar-refractivity contribution in [1.82, 2.24) is 0 Å². The van der Waals surface area contributed by atoms with Gasteiger partial charge in [0.1, 0.15) is 5.82 Å². The van der Waals surface area contributed by atoms with Gasteiger partial charge in [0.15, 0.2) is 0 Å². The molecule has 0 nitrogen and oxygen atoms in total. The highest BCUT2D eigenvalue weighted by molar-refractivity contribution is 5.83. The molecular formula is C13H13F. The van der Waals surface area contributed by atoms with Crippen molar-refractivity contribution < 1.29 is 4.39 Å². The quantitative estimate of drug-likeness (QED) is 0.632. The molecule has 0 radical (unpaired) electrons. The maximum atomic E-state index is 13.4. The van der Waals surface area contributed by atoms with Gasteiger partial charge in [-0.25, -0.2) is 4.39 Å². The van der Waals surface area contributed by atoms with Gasteiger partial charge >= 0.3 is 0 Å². The Labute approximate surface area is 83.4 Å². The lowest BCUT2D eigenvalue weighted by Crippen LogP contribution is -1.88. The molecule has 0 heterocycles. The lowest BCUT2D eigenvalue weighted by atomic mass is 9.99. The lowest BCUT2D eigenvalue weighted by Gasteiger charge is -2.07. The molecule has 0 amide bonds. The van der Waals surface area contributed by atoms with Crippen molar-refractivity contribution in [2.24, 2.45) is 0 Å². The van der Waals surface area contributed by atoms with Crippen LogP contribution < -0.4 is 0 Å². The van der Waals surface area contributed by atoms with E-state index < -0.39 is 0 Å². The predicted octanol–water partition coefficient (Wildman–Crippen LogP) is 4.10. The molecule has 0 unspecified atom stereocenters. The summed E-state index contributed by atoms with van der Waals surface area (Å²) in [6, 6.07) is 11.2. The zero-order chi connectivity index (χ0) is 10.1. The molecule has 2 aromatic carbocycles. The smallest absolute Gasteiger partial charge is 0.131 e. The summed E-state index contributed by atoms with van der Waals surface area (Å²) in [5.74, 6) is 0.309. The summed E-state index contributed by atoms with van der Waals surface area (Å²) in [5, 5.41) is 1.69. The highest BCUT2D eigenvalue weighted by Gasteiger charge is 2.03. The molecule has 2 aromatic rings. The van der Waals surface area contributed by atoms with E-state index in [4.69, 9.17) is 0 Å². The summed E-state index contributed by atoms with van der Waals surface area (Å²) in [7, 11) is 0. The van der Waals surface area contributed by atoms with E-state index in [2.05, 4.69) is 19.9 Å². The molecule has 0 spiro atoms. The maximum absolute atomic E-state index is 13.4. The first-order chi connectivity index (χ1) is 6.68. The average molecular weight is 188 g/mol.